The Morgan fingerprint density at radius 2 is 1.67 bits per heavy atom. The van der Waals surface area contributed by atoms with Gasteiger partial charge in [0.2, 0.25) is 0 Å². The molecule has 0 heterocycles. The van der Waals surface area contributed by atoms with Crippen molar-refractivity contribution in [1.29, 1.82) is 5.26 Å². The molecule has 15 heavy (non-hydrogen) atoms. The summed E-state index contributed by atoms with van der Waals surface area (Å²) >= 11 is 0. The van der Waals surface area contributed by atoms with Crippen LogP contribution in [0.25, 0.3) is 0 Å². The van der Waals surface area contributed by atoms with Gasteiger partial charge < -0.3 is 10.2 Å². The van der Waals surface area contributed by atoms with E-state index in [0.717, 1.165) is 6.07 Å². The molecule has 0 bridgehead atoms. The SMILES string of the molecule is N#CC(O)C(O)c1ccccc1C(F)F. The summed E-state index contributed by atoms with van der Waals surface area (Å²) in [5.41, 5.74) is -0.499. The second-order valence-electron chi connectivity index (χ2n) is 2.95. The minimum Gasteiger partial charge on any atom is -0.385 e. The zero-order valence-corrected chi connectivity index (χ0v) is 7.64. The summed E-state index contributed by atoms with van der Waals surface area (Å²) in [6, 6.07) is 6.64. The molecular weight excluding hydrogens is 204 g/mol. The quantitative estimate of drug-likeness (QED) is 0.748. The number of alkyl halides is 2. The Labute approximate surface area is 85.2 Å². The highest BCUT2D eigenvalue weighted by Gasteiger charge is 2.23. The van der Waals surface area contributed by atoms with E-state index in [9.17, 15) is 13.9 Å². The molecule has 2 atom stereocenters. The molecule has 0 aliphatic carbocycles. The Hall–Kier alpha value is -1.51. The maximum atomic E-state index is 12.5. The van der Waals surface area contributed by atoms with E-state index in [1.54, 1.807) is 0 Å². The van der Waals surface area contributed by atoms with Gasteiger partial charge in [0.25, 0.3) is 6.43 Å². The van der Waals surface area contributed by atoms with Crippen LogP contribution < -0.4 is 0 Å². The molecule has 0 amide bonds. The van der Waals surface area contributed by atoms with Gasteiger partial charge in [0.1, 0.15) is 6.10 Å². The Kier molecular flexibility index (Phi) is 3.72. The number of hydrogen-bond donors (Lipinski definition) is 2. The third kappa shape index (κ3) is 2.49. The smallest absolute Gasteiger partial charge is 0.264 e. The number of nitrogens with zero attached hydrogens (tertiary/aromatic N) is 1. The van der Waals surface area contributed by atoms with Crippen LogP contribution in [0.1, 0.15) is 23.7 Å². The Morgan fingerprint density at radius 3 is 2.13 bits per heavy atom. The van der Waals surface area contributed by atoms with Gasteiger partial charge in [-0.2, -0.15) is 5.26 Å². The molecule has 1 rings (SSSR count). The van der Waals surface area contributed by atoms with Crippen molar-refractivity contribution >= 4 is 0 Å². The molecule has 0 aliphatic heterocycles. The van der Waals surface area contributed by atoms with Gasteiger partial charge in [0.05, 0.1) is 6.07 Å². The lowest BCUT2D eigenvalue weighted by atomic mass is 9.99. The van der Waals surface area contributed by atoms with Crippen LogP contribution in [0, 0.1) is 11.3 Å². The molecule has 1 aromatic carbocycles. The molecule has 3 nitrogen and oxygen atoms in total. The molecule has 2 N–H and O–H groups in total. The fourth-order valence-corrected chi connectivity index (χ4v) is 1.22. The molecule has 0 spiro atoms. The topological polar surface area (TPSA) is 64.2 Å². The Bertz CT molecular complexity index is 376. The number of halogens is 2. The maximum absolute atomic E-state index is 12.5. The van der Waals surface area contributed by atoms with E-state index in [1.165, 1.54) is 24.3 Å². The van der Waals surface area contributed by atoms with Crippen LogP contribution in [0.5, 0.6) is 0 Å². The molecule has 0 aliphatic rings. The first-order chi connectivity index (χ1) is 7.07. The number of aliphatic hydroxyl groups excluding tert-OH is 2. The third-order valence-electron chi connectivity index (χ3n) is 1.98. The highest BCUT2D eigenvalue weighted by Crippen LogP contribution is 2.28. The molecule has 0 radical (unpaired) electrons. The summed E-state index contributed by atoms with van der Waals surface area (Å²) in [5, 5.41) is 26.8. The van der Waals surface area contributed by atoms with E-state index in [0.29, 0.717) is 0 Å². The first-order valence-electron chi connectivity index (χ1n) is 4.20. The molecule has 80 valence electrons. The normalized spacial score (nSPS) is 14.7. The van der Waals surface area contributed by atoms with Crippen molar-refractivity contribution in [2.45, 2.75) is 18.6 Å². The van der Waals surface area contributed by atoms with E-state index in [2.05, 4.69) is 0 Å². The minimum absolute atomic E-state index is 0.124. The fraction of sp³-hybridized carbons (Fsp3) is 0.300. The Morgan fingerprint density at radius 1 is 1.13 bits per heavy atom. The lowest BCUT2D eigenvalue weighted by Gasteiger charge is -2.15. The first-order valence-corrected chi connectivity index (χ1v) is 4.20. The molecule has 5 heteroatoms. The lowest BCUT2D eigenvalue weighted by molar-refractivity contribution is 0.0487. The summed E-state index contributed by atoms with van der Waals surface area (Å²) in [4.78, 5) is 0. The van der Waals surface area contributed by atoms with Crippen molar-refractivity contribution < 1.29 is 19.0 Å². The average Bonchev–Trinajstić information content (AvgIpc) is 2.27. The highest BCUT2D eigenvalue weighted by molar-refractivity contribution is 5.31. The van der Waals surface area contributed by atoms with Crippen molar-refractivity contribution in [3.63, 3.8) is 0 Å². The first kappa shape index (κ1) is 11.6. The second-order valence-corrected chi connectivity index (χ2v) is 2.95. The summed E-state index contributed by atoms with van der Waals surface area (Å²) in [6.07, 6.45) is -6.06. The van der Waals surface area contributed by atoms with Gasteiger partial charge in [-0.3, -0.25) is 0 Å². The van der Waals surface area contributed by atoms with Crippen molar-refractivity contribution in [2.75, 3.05) is 0 Å². The standard InChI is InChI=1S/C10H9F2NO2/c11-10(12)7-4-2-1-3-6(7)9(15)8(14)5-13/h1-4,8-10,14-15H. The molecule has 0 saturated carbocycles. The lowest BCUT2D eigenvalue weighted by Crippen LogP contribution is -2.17. The van der Waals surface area contributed by atoms with Gasteiger partial charge in [-0.1, -0.05) is 24.3 Å². The van der Waals surface area contributed by atoms with Crippen molar-refractivity contribution in [1.82, 2.24) is 0 Å². The summed E-state index contributed by atoms with van der Waals surface area (Å²) < 4.78 is 25.0. The van der Waals surface area contributed by atoms with Gasteiger partial charge in [-0.05, 0) is 5.56 Å². The highest BCUT2D eigenvalue weighted by atomic mass is 19.3. The van der Waals surface area contributed by atoms with E-state index in [-0.39, 0.29) is 11.1 Å². The van der Waals surface area contributed by atoms with E-state index < -0.39 is 18.6 Å². The molecular formula is C10H9F2NO2. The third-order valence-corrected chi connectivity index (χ3v) is 1.98. The minimum atomic E-state index is -2.75. The number of benzene rings is 1. The summed E-state index contributed by atoms with van der Waals surface area (Å²) in [6.45, 7) is 0. The largest absolute Gasteiger partial charge is 0.385 e. The van der Waals surface area contributed by atoms with Crippen LogP contribution in [0.15, 0.2) is 24.3 Å². The van der Waals surface area contributed by atoms with Crippen LogP contribution in [-0.2, 0) is 0 Å². The number of rotatable bonds is 3. The van der Waals surface area contributed by atoms with Gasteiger partial charge in [-0.25, -0.2) is 8.78 Å². The predicted molar refractivity (Wildman–Crippen MR) is 48.0 cm³/mol. The predicted octanol–water partition coefficient (Wildman–Crippen LogP) is 1.54. The van der Waals surface area contributed by atoms with Gasteiger partial charge in [0.15, 0.2) is 6.10 Å². The average molecular weight is 213 g/mol. The molecule has 0 aromatic heterocycles. The van der Waals surface area contributed by atoms with Gasteiger partial charge in [-0.15, -0.1) is 0 Å². The zero-order valence-electron chi connectivity index (χ0n) is 7.64. The molecule has 0 fully saturated rings. The van der Waals surface area contributed by atoms with Crippen LogP contribution >= 0.6 is 0 Å². The fourth-order valence-electron chi connectivity index (χ4n) is 1.22. The molecule has 2 unspecified atom stereocenters. The van der Waals surface area contributed by atoms with Crippen molar-refractivity contribution in [2.24, 2.45) is 0 Å². The zero-order chi connectivity index (χ0) is 11.4. The van der Waals surface area contributed by atoms with Crippen LogP contribution in [0.2, 0.25) is 0 Å². The van der Waals surface area contributed by atoms with E-state index >= 15 is 0 Å². The van der Waals surface area contributed by atoms with Crippen LogP contribution in [0.3, 0.4) is 0 Å². The Balaban J connectivity index is 3.09. The van der Waals surface area contributed by atoms with Crippen molar-refractivity contribution in [3.8, 4) is 6.07 Å². The van der Waals surface area contributed by atoms with Crippen LogP contribution in [0.4, 0.5) is 8.78 Å². The van der Waals surface area contributed by atoms with Gasteiger partial charge in [0, 0.05) is 5.56 Å². The second kappa shape index (κ2) is 4.82. The van der Waals surface area contributed by atoms with Gasteiger partial charge >= 0.3 is 0 Å². The van der Waals surface area contributed by atoms with Crippen molar-refractivity contribution in [3.05, 3.63) is 35.4 Å². The maximum Gasteiger partial charge on any atom is 0.264 e. The monoisotopic (exact) mass is 213 g/mol. The number of hydrogen-bond acceptors (Lipinski definition) is 3. The number of aliphatic hydroxyl groups is 2. The summed E-state index contributed by atoms with van der Waals surface area (Å²) in [7, 11) is 0. The van der Waals surface area contributed by atoms with E-state index in [1.807, 2.05) is 0 Å². The molecule has 0 saturated heterocycles. The van der Waals surface area contributed by atoms with E-state index in [4.69, 9.17) is 10.4 Å². The number of nitriles is 1. The van der Waals surface area contributed by atoms with Crippen LogP contribution in [-0.4, -0.2) is 16.3 Å². The summed E-state index contributed by atoms with van der Waals surface area (Å²) in [5.74, 6) is 0. The molecule has 1 aromatic rings.